The van der Waals surface area contributed by atoms with Crippen LogP contribution in [0.5, 0.6) is 5.75 Å². The summed E-state index contributed by atoms with van der Waals surface area (Å²) in [4.78, 5) is 12.4. The quantitative estimate of drug-likeness (QED) is 0.767. The second kappa shape index (κ2) is 9.44. The first-order valence-corrected chi connectivity index (χ1v) is 9.42. The Morgan fingerprint density at radius 1 is 1.16 bits per heavy atom. The third-order valence-corrected chi connectivity index (χ3v) is 5.68. The second-order valence-corrected chi connectivity index (χ2v) is 7.50. The first kappa shape index (κ1) is 20.1. The summed E-state index contributed by atoms with van der Waals surface area (Å²) < 4.78 is 6.03. The summed E-state index contributed by atoms with van der Waals surface area (Å²) in [5.74, 6) is 1.02. The van der Waals surface area contributed by atoms with Crippen LogP contribution >= 0.6 is 12.4 Å². The van der Waals surface area contributed by atoms with Gasteiger partial charge in [0, 0.05) is 18.5 Å². The number of benzene rings is 1. The van der Waals surface area contributed by atoms with Crippen molar-refractivity contribution in [3.05, 3.63) is 29.8 Å². The summed E-state index contributed by atoms with van der Waals surface area (Å²) in [5.41, 5.74) is 7.07. The number of hydrogen-bond donors (Lipinski definition) is 2. The molecule has 0 bridgehead atoms. The van der Waals surface area contributed by atoms with Crippen LogP contribution in [0.2, 0.25) is 0 Å². The smallest absolute Gasteiger partial charge is 0.220 e. The standard InChI is InChI=1S/C20H30N2O2.ClH/c21-15-20(11-4-1-5-12-20)13-19(23)22-14-16-7-2-3-10-18(16)24-17-8-6-9-17;/h2-3,7,10,17H,1,4-6,8-9,11-15,21H2,(H,22,23);1H. The Balaban J connectivity index is 0.00000225. The minimum Gasteiger partial charge on any atom is -0.490 e. The van der Waals surface area contributed by atoms with E-state index in [0.29, 0.717) is 25.6 Å². The molecule has 0 atom stereocenters. The van der Waals surface area contributed by atoms with Gasteiger partial charge in [-0.3, -0.25) is 4.79 Å². The normalized spacial score (nSPS) is 19.4. The largest absolute Gasteiger partial charge is 0.490 e. The van der Waals surface area contributed by atoms with Crippen LogP contribution in [0.15, 0.2) is 24.3 Å². The molecule has 2 fully saturated rings. The molecule has 1 amide bonds. The lowest BCUT2D eigenvalue weighted by atomic mass is 9.71. The first-order chi connectivity index (χ1) is 11.7. The highest BCUT2D eigenvalue weighted by Gasteiger charge is 2.32. The number of para-hydroxylation sites is 1. The van der Waals surface area contributed by atoms with E-state index in [9.17, 15) is 4.79 Å². The highest BCUT2D eigenvalue weighted by molar-refractivity contribution is 5.85. The van der Waals surface area contributed by atoms with E-state index in [1.165, 1.54) is 25.7 Å². The van der Waals surface area contributed by atoms with Crippen molar-refractivity contribution in [2.45, 2.75) is 70.4 Å². The minimum atomic E-state index is 0. The number of nitrogens with two attached hydrogens (primary N) is 1. The van der Waals surface area contributed by atoms with Gasteiger partial charge >= 0.3 is 0 Å². The van der Waals surface area contributed by atoms with Crippen molar-refractivity contribution in [1.29, 1.82) is 0 Å². The first-order valence-electron chi connectivity index (χ1n) is 9.42. The molecule has 0 aromatic heterocycles. The Labute approximate surface area is 157 Å². The van der Waals surface area contributed by atoms with Crippen molar-refractivity contribution in [2.24, 2.45) is 11.1 Å². The van der Waals surface area contributed by atoms with Crippen LogP contribution in [0.1, 0.15) is 63.4 Å². The van der Waals surface area contributed by atoms with E-state index in [2.05, 4.69) is 5.32 Å². The van der Waals surface area contributed by atoms with Gasteiger partial charge in [-0.15, -0.1) is 12.4 Å². The molecular weight excluding hydrogens is 336 g/mol. The van der Waals surface area contributed by atoms with Crippen LogP contribution in [-0.2, 0) is 11.3 Å². The lowest BCUT2D eigenvalue weighted by Gasteiger charge is -2.35. The molecule has 3 rings (SSSR count). The van der Waals surface area contributed by atoms with Gasteiger partial charge in [-0.05, 0) is 50.1 Å². The number of carbonyl (C=O) groups is 1. The summed E-state index contributed by atoms with van der Waals surface area (Å²) in [7, 11) is 0. The molecule has 4 nitrogen and oxygen atoms in total. The van der Waals surface area contributed by atoms with Crippen molar-refractivity contribution in [3.8, 4) is 5.75 Å². The van der Waals surface area contributed by atoms with Crippen LogP contribution in [0.4, 0.5) is 0 Å². The zero-order chi connectivity index (χ0) is 16.8. The molecule has 0 heterocycles. The molecule has 25 heavy (non-hydrogen) atoms. The average Bonchev–Trinajstić information content (AvgIpc) is 2.58. The van der Waals surface area contributed by atoms with E-state index < -0.39 is 0 Å². The molecule has 0 aliphatic heterocycles. The molecule has 0 radical (unpaired) electrons. The summed E-state index contributed by atoms with van der Waals surface area (Å²) in [6.45, 7) is 1.14. The number of amides is 1. The van der Waals surface area contributed by atoms with Gasteiger partial charge in [0.1, 0.15) is 5.75 Å². The Morgan fingerprint density at radius 3 is 2.52 bits per heavy atom. The molecule has 2 aliphatic carbocycles. The summed E-state index contributed by atoms with van der Waals surface area (Å²) in [6.07, 6.45) is 10.3. The van der Waals surface area contributed by atoms with Crippen LogP contribution < -0.4 is 15.8 Å². The third kappa shape index (κ3) is 5.35. The Morgan fingerprint density at radius 2 is 1.88 bits per heavy atom. The number of halogens is 1. The van der Waals surface area contributed by atoms with Gasteiger partial charge in [0.2, 0.25) is 5.91 Å². The lowest BCUT2D eigenvalue weighted by Crippen LogP contribution is -2.38. The van der Waals surface area contributed by atoms with E-state index in [0.717, 1.165) is 37.0 Å². The van der Waals surface area contributed by atoms with E-state index in [1.54, 1.807) is 0 Å². The summed E-state index contributed by atoms with van der Waals surface area (Å²) in [6, 6.07) is 8.03. The lowest BCUT2D eigenvalue weighted by molar-refractivity contribution is -0.124. The molecule has 0 saturated heterocycles. The number of ether oxygens (including phenoxy) is 1. The van der Waals surface area contributed by atoms with Gasteiger partial charge < -0.3 is 15.8 Å². The van der Waals surface area contributed by atoms with E-state index in [4.69, 9.17) is 10.5 Å². The van der Waals surface area contributed by atoms with Crippen LogP contribution in [0, 0.1) is 5.41 Å². The maximum atomic E-state index is 12.4. The fraction of sp³-hybridized carbons (Fsp3) is 0.650. The highest BCUT2D eigenvalue weighted by Crippen LogP contribution is 2.38. The predicted octanol–water partition coefficient (Wildman–Crippen LogP) is 3.96. The monoisotopic (exact) mass is 366 g/mol. The Bertz CT molecular complexity index is 554. The molecule has 1 aromatic carbocycles. The molecular formula is C20H31ClN2O2. The van der Waals surface area contributed by atoms with Gasteiger partial charge in [0.25, 0.3) is 0 Å². The van der Waals surface area contributed by atoms with E-state index in [-0.39, 0.29) is 23.7 Å². The summed E-state index contributed by atoms with van der Waals surface area (Å²) >= 11 is 0. The Hall–Kier alpha value is -1.26. The molecule has 5 heteroatoms. The molecule has 3 N–H and O–H groups in total. The molecule has 2 aliphatic rings. The van der Waals surface area contributed by atoms with Crippen molar-refractivity contribution in [1.82, 2.24) is 5.32 Å². The Kier molecular flexibility index (Phi) is 7.57. The predicted molar refractivity (Wildman–Crippen MR) is 103 cm³/mol. The van der Waals surface area contributed by atoms with Crippen molar-refractivity contribution >= 4 is 18.3 Å². The second-order valence-electron chi connectivity index (χ2n) is 7.50. The zero-order valence-electron chi connectivity index (χ0n) is 15.0. The van der Waals surface area contributed by atoms with Crippen LogP contribution in [0.25, 0.3) is 0 Å². The minimum absolute atomic E-state index is 0. The third-order valence-electron chi connectivity index (χ3n) is 5.68. The fourth-order valence-electron chi connectivity index (χ4n) is 3.78. The molecule has 0 unspecified atom stereocenters. The number of rotatable bonds is 7. The maximum Gasteiger partial charge on any atom is 0.220 e. The van der Waals surface area contributed by atoms with E-state index >= 15 is 0 Å². The molecule has 2 saturated carbocycles. The average molecular weight is 367 g/mol. The number of nitrogens with one attached hydrogen (secondary N) is 1. The van der Waals surface area contributed by atoms with Crippen LogP contribution in [0.3, 0.4) is 0 Å². The number of carbonyl (C=O) groups excluding carboxylic acids is 1. The SMILES string of the molecule is Cl.NCC1(CC(=O)NCc2ccccc2OC2CCC2)CCCCC1. The van der Waals surface area contributed by atoms with Crippen LogP contribution in [-0.4, -0.2) is 18.6 Å². The highest BCUT2D eigenvalue weighted by atomic mass is 35.5. The molecule has 0 spiro atoms. The van der Waals surface area contributed by atoms with Crippen molar-refractivity contribution in [3.63, 3.8) is 0 Å². The summed E-state index contributed by atoms with van der Waals surface area (Å²) in [5, 5.41) is 3.08. The van der Waals surface area contributed by atoms with Crippen molar-refractivity contribution in [2.75, 3.05) is 6.54 Å². The topological polar surface area (TPSA) is 64.4 Å². The number of hydrogen-bond acceptors (Lipinski definition) is 3. The van der Waals surface area contributed by atoms with Gasteiger partial charge in [-0.25, -0.2) is 0 Å². The van der Waals surface area contributed by atoms with Gasteiger partial charge in [0.15, 0.2) is 0 Å². The maximum absolute atomic E-state index is 12.4. The van der Waals surface area contributed by atoms with Gasteiger partial charge in [0.05, 0.1) is 6.10 Å². The van der Waals surface area contributed by atoms with E-state index in [1.807, 2.05) is 24.3 Å². The molecule has 1 aromatic rings. The fourth-order valence-corrected chi connectivity index (χ4v) is 3.78. The van der Waals surface area contributed by atoms with Gasteiger partial charge in [-0.2, -0.15) is 0 Å². The van der Waals surface area contributed by atoms with Crippen molar-refractivity contribution < 1.29 is 9.53 Å². The zero-order valence-corrected chi connectivity index (χ0v) is 15.8. The van der Waals surface area contributed by atoms with Gasteiger partial charge in [-0.1, -0.05) is 37.5 Å². The molecule has 140 valence electrons.